The first-order valence-electron chi connectivity index (χ1n) is 11.1. The first-order chi connectivity index (χ1) is 16.2. The number of ether oxygens (including phenoxy) is 1. The summed E-state index contributed by atoms with van der Waals surface area (Å²) in [4.78, 5) is 21.6. The number of rotatable bonds is 4. The number of carbonyl (C=O) groups excluding carboxylic acids is 1. The van der Waals surface area contributed by atoms with Gasteiger partial charge in [-0.05, 0) is 43.5 Å². The fourth-order valence-electron chi connectivity index (χ4n) is 4.63. The van der Waals surface area contributed by atoms with Gasteiger partial charge in [0.15, 0.2) is 5.82 Å². The summed E-state index contributed by atoms with van der Waals surface area (Å²) in [5.74, 6) is 1.64. The van der Waals surface area contributed by atoms with Crippen LogP contribution in [0.4, 0.5) is 0 Å². The first kappa shape index (κ1) is 19.7. The van der Waals surface area contributed by atoms with Gasteiger partial charge in [-0.1, -0.05) is 28.9 Å². The number of para-hydroxylation sites is 1. The van der Waals surface area contributed by atoms with E-state index in [0.29, 0.717) is 36.1 Å². The molecule has 2 aromatic heterocycles. The molecule has 166 valence electrons. The second kappa shape index (κ2) is 7.84. The van der Waals surface area contributed by atoms with Crippen molar-refractivity contribution in [2.75, 3.05) is 13.2 Å². The summed E-state index contributed by atoms with van der Waals surface area (Å²) in [7, 11) is 0. The molecule has 2 aliphatic rings. The van der Waals surface area contributed by atoms with Crippen LogP contribution in [-0.4, -0.2) is 49.1 Å². The molecular formula is C24H22N6O3. The van der Waals surface area contributed by atoms with E-state index in [4.69, 9.17) is 9.26 Å². The fraction of sp³-hybridized carbons (Fsp3) is 0.292. The molecule has 0 saturated carbocycles. The molecule has 0 radical (unpaired) electrons. The lowest BCUT2D eigenvalue weighted by molar-refractivity contribution is 0.0728. The Morgan fingerprint density at radius 2 is 2.03 bits per heavy atom. The molecule has 1 unspecified atom stereocenters. The van der Waals surface area contributed by atoms with Crippen LogP contribution in [0, 0.1) is 6.92 Å². The number of aryl methyl sites for hydroxylation is 1. The topological polar surface area (TPSA) is 99.2 Å². The van der Waals surface area contributed by atoms with Gasteiger partial charge >= 0.3 is 0 Å². The Hall–Kier alpha value is -4.01. The third-order valence-electron chi connectivity index (χ3n) is 6.21. The number of aromatic nitrogens is 5. The van der Waals surface area contributed by atoms with Crippen LogP contribution < -0.4 is 4.74 Å². The van der Waals surface area contributed by atoms with Gasteiger partial charge in [-0.25, -0.2) is 0 Å². The standard InChI is InChI=1S/C24H22N6O3/c1-15-7-8-19(30-25-10-11-26-30)18(14-15)24(31)29-12-3-6-20(29)22-27-23(33-28-22)17-5-2-4-16-9-13-32-21(16)17/h2,4-5,7-8,10-11,14,20H,3,6,9,12-13H2,1H3. The number of hydrogen-bond acceptors (Lipinski definition) is 7. The highest BCUT2D eigenvalue weighted by Gasteiger charge is 2.35. The van der Waals surface area contributed by atoms with Gasteiger partial charge in [-0.2, -0.15) is 20.0 Å². The smallest absolute Gasteiger partial charge is 0.261 e. The summed E-state index contributed by atoms with van der Waals surface area (Å²) in [5, 5.41) is 12.7. The van der Waals surface area contributed by atoms with Crippen LogP contribution >= 0.6 is 0 Å². The van der Waals surface area contributed by atoms with Crippen molar-refractivity contribution in [2.45, 2.75) is 32.2 Å². The van der Waals surface area contributed by atoms with E-state index in [1.54, 1.807) is 12.4 Å². The van der Waals surface area contributed by atoms with Gasteiger partial charge in [0.2, 0.25) is 0 Å². The molecule has 0 aliphatic carbocycles. The van der Waals surface area contributed by atoms with Crippen LogP contribution in [0.1, 0.15) is 46.2 Å². The molecule has 1 amide bonds. The highest BCUT2D eigenvalue weighted by Crippen LogP contribution is 2.38. The Labute approximate surface area is 190 Å². The predicted molar refractivity (Wildman–Crippen MR) is 118 cm³/mol. The minimum absolute atomic E-state index is 0.0937. The SMILES string of the molecule is Cc1ccc(-n2nccn2)c(C(=O)N2CCCC2c2noc(-c3cccc4c3OCC4)n2)c1. The van der Waals surface area contributed by atoms with Gasteiger partial charge in [0.25, 0.3) is 11.8 Å². The average Bonchev–Trinajstić information content (AvgIpc) is 3.63. The molecular weight excluding hydrogens is 420 g/mol. The van der Waals surface area contributed by atoms with Crippen LogP contribution in [0.15, 0.2) is 53.3 Å². The van der Waals surface area contributed by atoms with Gasteiger partial charge in [0.1, 0.15) is 5.75 Å². The van der Waals surface area contributed by atoms with Crippen molar-refractivity contribution < 1.29 is 14.1 Å². The zero-order valence-corrected chi connectivity index (χ0v) is 18.1. The molecule has 1 fully saturated rings. The van der Waals surface area contributed by atoms with E-state index in [9.17, 15) is 4.79 Å². The number of nitrogens with zero attached hydrogens (tertiary/aromatic N) is 6. The number of hydrogen-bond donors (Lipinski definition) is 0. The molecule has 4 aromatic rings. The van der Waals surface area contributed by atoms with E-state index >= 15 is 0 Å². The van der Waals surface area contributed by atoms with E-state index in [-0.39, 0.29) is 11.9 Å². The highest BCUT2D eigenvalue weighted by molar-refractivity contribution is 5.98. The van der Waals surface area contributed by atoms with Crippen LogP contribution in [-0.2, 0) is 6.42 Å². The quantitative estimate of drug-likeness (QED) is 0.477. The van der Waals surface area contributed by atoms with E-state index in [2.05, 4.69) is 20.3 Å². The van der Waals surface area contributed by atoms with E-state index in [1.165, 1.54) is 4.80 Å². The zero-order valence-electron chi connectivity index (χ0n) is 18.1. The van der Waals surface area contributed by atoms with Gasteiger partial charge in [-0.3, -0.25) is 4.79 Å². The van der Waals surface area contributed by atoms with Crippen LogP contribution in [0.5, 0.6) is 5.75 Å². The van der Waals surface area contributed by atoms with E-state index < -0.39 is 0 Å². The molecule has 0 N–H and O–H groups in total. The molecule has 1 atom stereocenters. The summed E-state index contributed by atoms with van der Waals surface area (Å²) < 4.78 is 11.4. The Kier molecular flexibility index (Phi) is 4.67. The van der Waals surface area contributed by atoms with E-state index in [0.717, 1.165) is 41.7 Å². The van der Waals surface area contributed by atoms with E-state index in [1.807, 2.05) is 48.2 Å². The Balaban J connectivity index is 1.33. The van der Waals surface area contributed by atoms with Crippen molar-refractivity contribution in [1.82, 2.24) is 30.0 Å². The summed E-state index contributed by atoms with van der Waals surface area (Å²) in [5.41, 5.74) is 4.13. The van der Waals surface area contributed by atoms with Gasteiger partial charge < -0.3 is 14.2 Å². The second-order valence-electron chi connectivity index (χ2n) is 8.35. The normalized spacial score (nSPS) is 17.2. The maximum Gasteiger partial charge on any atom is 0.261 e. The van der Waals surface area contributed by atoms with Crippen LogP contribution in [0.25, 0.3) is 17.1 Å². The number of benzene rings is 2. The Morgan fingerprint density at radius 1 is 1.15 bits per heavy atom. The molecule has 2 aliphatic heterocycles. The van der Waals surface area contributed by atoms with Crippen molar-refractivity contribution in [3.05, 3.63) is 71.3 Å². The molecule has 33 heavy (non-hydrogen) atoms. The molecule has 9 heteroatoms. The van der Waals surface area contributed by atoms with Crippen molar-refractivity contribution in [3.63, 3.8) is 0 Å². The minimum Gasteiger partial charge on any atom is -0.492 e. The molecule has 0 bridgehead atoms. The average molecular weight is 442 g/mol. The molecule has 4 heterocycles. The maximum absolute atomic E-state index is 13.7. The monoisotopic (exact) mass is 442 g/mol. The van der Waals surface area contributed by atoms with Crippen molar-refractivity contribution in [3.8, 4) is 22.9 Å². The van der Waals surface area contributed by atoms with Crippen LogP contribution in [0.2, 0.25) is 0 Å². The number of carbonyl (C=O) groups is 1. The Morgan fingerprint density at radius 3 is 2.91 bits per heavy atom. The zero-order chi connectivity index (χ0) is 22.4. The lowest BCUT2D eigenvalue weighted by Gasteiger charge is -2.23. The summed E-state index contributed by atoms with van der Waals surface area (Å²) in [6.45, 7) is 3.24. The fourth-order valence-corrected chi connectivity index (χ4v) is 4.63. The number of amides is 1. The number of fused-ring (bicyclic) bond motifs is 1. The van der Waals surface area contributed by atoms with Gasteiger partial charge in [0.05, 0.1) is 41.9 Å². The highest BCUT2D eigenvalue weighted by atomic mass is 16.5. The number of likely N-dealkylation sites (tertiary alicyclic amines) is 1. The lowest BCUT2D eigenvalue weighted by Crippen LogP contribution is -2.32. The molecule has 6 rings (SSSR count). The third-order valence-corrected chi connectivity index (χ3v) is 6.21. The Bertz CT molecular complexity index is 1330. The largest absolute Gasteiger partial charge is 0.492 e. The van der Waals surface area contributed by atoms with Gasteiger partial charge in [-0.15, -0.1) is 0 Å². The summed E-state index contributed by atoms with van der Waals surface area (Å²) in [6.07, 6.45) is 5.70. The lowest BCUT2D eigenvalue weighted by atomic mass is 10.1. The third kappa shape index (κ3) is 3.36. The van der Waals surface area contributed by atoms with Crippen molar-refractivity contribution in [1.29, 1.82) is 0 Å². The summed E-state index contributed by atoms with van der Waals surface area (Å²) >= 11 is 0. The van der Waals surface area contributed by atoms with Crippen molar-refractivity contribution in [2.24, 2.45) is 0 Å². The predicted octanol–water partition coefficient (Wildman–Crippen LogP) is 3.54. The molecule has 1 saturated heterocycles. The minimum atomic E-state index is -0.258. The first-order valence-corrected chi connectivity index (χ1v) is 11.1. The maximum atomic E-state index is 13.7. The molecule has 9 nitrogen and oxygen atoms in total. The van der Waals surface area contributed by atoms with Gasteiger partial charge in [0, 0.05) is 13.0 Å². The van der Waals surface area contributed by atoms with Crippen LogP contribution in [0.3, 0.4) is 0 Å². The molecule has 2 aromatic carbocycles. The second-order valence-corrected chi connectivity index (χ2v) is 8.35. The summed E-state index contributed by atoms with van der Waals surface area (Å²) in [6, 6.07) is 11.4. The molecule has 0 spiro atoms. The van der Waals surface area contributed by atoms with Crippen molar-refractivity contribution >= 4 is 5.91 Å².